The van der Waals surface area contributed by atoms with Gasteiger partial charge in [0, 0.05) is 16.8 Å². The maximum atomic E-state index is 12.4. The van der Waals surface area contributed by atoms with Gasteiger partial charge in [0.2, 0.25) is 10.0 Å². The lowest BCUT2D eigenvalue weighted by Gasteiger charge is -2.20. The van der Waals surface area contributed by atoms with Crippen LogP contribution in [0.1, 0.15) is 50.9 Å². The molecule has 2 N–H and O–H groups in total. The lowest BCUT2D eigenvalue weighted by atomic mass is 10.1. The Kier molecular flexibility index (Phi) is 7.21. The van der Waals surface area contributed by atoms with Gasteiger partial charge in [0.1, 0.15) is 5.75 Å². The van der Waals surface area contributed by atoms with Crippen molar-refractivity contribution >= 4 is 21.6 Å². The molecule has 1 amide bonds. The van der Waals surface area contributed by atoms with Crippen molar-refractivity contribution in [2.75, 3.05) is 11.9 Å². The second-order valence-corrected chi connectivity index (χ2v) is 9.24. The largest absolute Gasteiger partial charge is 0.494 e. The fraction of sp³-hybridized carbons (Fsp3) is 0.381. The molecule has 0 saturated carbocycles. The molecule has 0 saturated heterocycles. The molecule has 2 aromatic rings. The van der Waals surface area contributed by atoms with Gasteiger partial charge in [-0.3, -0.25) is 4.79 Å². The van der Waals surface area contributed by atoms with E-state index in [2.05, 4.69) is 17.0 Å². The molecule has 0 aliphatic heterocycles. The number of nitrogens with one attached hydrogen (secondary N) is 2. The number of ether oxygens (including phenoxy) is 1. The van der Waals surface area contributed by atoms with Crippen molar-refractivity contribution < 1.29 is 17.9 Å². The molecule has 152 valence electrons. The number of anilines is 1. The predicted octanol–water partition coefficient (Wildman–Crippen LogP) is 4.19. The molecule has 0 aliphatic rings. The quantitative estimate of drug-likeness (QED) is 0.646. The van der Waals surface area contributed by atoms with Crippen molar-refractivity contribution in [1.29, 1.82) is 0 Å². The maximum Gasteiger partial charge on any atom is 0.255 e. The third-order valence-electron chi connectivity index (χ3n) is 3.75. The summed E-state index contributed by atoms with van der Waals surface area (Å²) in [5, 5.41) is 2.76. The predicted molar refractivity (Wildman–Crippen MR) is 111 cm³/mol. The van der Waals surface area contributed by atoms with E-state index in [1.807, 2.05) is 0 Å². The van der Waals surface area contributed by atoms with Gasteiger partial charge in [0.05, 0.1) is 11.5 Å². The van der Waals surface area contributed by atoms with Crippen LogP contribution in [0.3, 0.4) is 0 Å². The first-order chi connectivity index (χ1) is 13.1. The third kappa shape index (κ3) is 6.65. The number of sulfonamides is 1. The lowest BCUT2D eigenvalue weighted by Crippen LogP contribution is -2.40. The van der Waals surface area contributed by atoms with E-state index >= 15 is 0 Å². The zero-order valence-electron chi connectivity index (χ0n) is 16.8. The molecule has 7 heteroatoms. The van der Waals surface area contributed by atoms with Gasteiger partial charge in [-0.2, -0.15) is 0 Å². The zero-order chi connectivity index (χ0) is 20.8. The molecular formula is C21H28N2O4S. The highest BCUT2D eigenvalue weighted by Gasteiger charge is 2.21. The number of carbonyl (C=O) groups is 1. The van der Waals surface area contributed by atoms with Crippen molar-refractivity contribution in [3.63, 3.8) is 0 Å². The highest BCUT2D eigenvalue weighted by atomic mass is 32.2. The van der Waals surface area contributed by atoms with E-state index < -0.39 is 15.6 Å². The van der Waals surface area contributed by atoms with E-state index in [1.165, 1.54) is 12.1 Å². The standard InChI is InChI=1S/C21H28N2O4S/c1-5-6-15-27-18-11-7-16(8-12-18)20(24)22-17-9-13-19(14-10-17)28(25,26)23-21(2,3)4/h7-14,23H,5-6,15H2,1-4H3,(H,22,24). The zero-order valence-corrected chi connectivity index (χ0v) is 17.6. The minimum absolute atomic E-state index is 0.147. The smallest absolute Gasteiger partial charge is 0.255 e. The summed E-state index contributed by atoms with van der Waals surface area (Å²) < 4.78 is 32.8. The minimum atomic E-state index is -3.61. The minimum Gasteiger partial charge on any atom is -0.494 e. The first-order valence-electron chi connectivity index (χ1n) is 9.29. The van der Waals surface area contributed by atoms with E-state index in [0.29, 0.717) is 17.9 Å². The SMILES string of the molecule is CCCCOc1ccc(C(=O)Nc2ccc(S(=O)(=O)NC(C)(C)C)cc2)cc1. The highest BCUT2D eigenvalue weighted by Crippen LogP contribution is 2.18. The van der Waals surface area contributed by atoms with Crippen LogP contribution in [0.2, 0.25) is 0 Å². The summed E-state index contributed by atoms with van der Waals surface area (Å²) in [4.78, 5) is 12.5. The van der Waals surface area contributed by atoms with Gasteiger partial charge in [0.25, 0.3) is 5.91 Å². The Morgan fingerprint density at radius 3 is 2.14 bits per heavy atom. The summed E-state index contributed by atoms with van der Waals surface area (Å²) in [5.41, 5.74) is 0.440. The Morgan fingerprint density at radius 2 is 1.61 bits per heavy atom. The molecule has 0 unspecified atom stereocenters. The van der Waals surface area contributed by atoms with Crippen LogP contribution in [-0.2, 0) is 10.0 Å². The Bertz CT molecular complexity index is 883. The third-order valence-corrected chi connectivity index (χ3v) is 5.52. The van der Waals surface area contributed by atoms with Crippen LogP contribution in [0.4, 0.5) is 5.69 Å². The van der Waals surface area contributed by atoms with Crippen molar-refractivity contribution in [1.82, 2.24) is 4.72 Å². The average molecular weight is 405 g/mol. The maximum absolute atomic E-state index is 12.4. The lowest BCUT2D eigenvalue weighted by molar-refractivity contribution is 0.102. The second kappa shape index (κ2) is 9.21. The van der Waals surface area contributed by atoms with Crippen molar-refractivity contribution in [3.05, 3.63) is 54.1 Å². The van der Waals surface area contributed by atoms with Gasteiger partial charge < -0.3 is 10.1 Å². The number of unbranched alkanes of at least 4 members (excludes halogenated alkanes) is 1. The topological polar surface area (TPSA) is 84.5 Å². The van der Waals surface area contributed by atoms with Crippen LogP contribution in [0.5, 0.6) is 5.75 Å². The number of hydrogen-bond donors (Lipinski definition) is 2. The van der Waals surface area contributed by atoms with Crippen LogP contribution in [-0.4, -0.2) is 26.5 Å². The molecule has 0 radical (unpaired) electrons. The van der Waals surface area contributed by atoms with Gasteiger partial charge in [0.15, 0.2) is 0 Å². The van der Waals surface area contributed by atoms with Gasteiger partial charge in [-0.15, -0.1) is 0 Å². The Labute approximate surface area is 167 Å². The second-order valence-electron chi connectivity index (χ2n) is 7.56. The first-order valence-corrected chi connectivity index (χ1v) is 10.8. The Hall–Kier alpha value is -2.38. The van der Waals surface area contributed by atoms with Crippen LogP contribution >= 0.6 is 0 Å². The van der Waals surface area contributed by atoms with Gasteiger partial charge in [-0.1, -0.05) is 13.3 Å². The van der Waals surface area contributed by atoms with Crippen molar-refractivity contribution in [3.8, 4) is 5.75 Å². The van der Waals surface area contributed by atoms with Crippen LogP contribution < -0.4 is 14.8 Å². The molecule has 2 rings (SSSR count). The molecule has 0 fully saturated rings. The fourth-order valence-electron chi connectivity index (χ4n) is 2.42. The van der Waals surface area contributed by atoms with E-state index in [1.54, 1.807) is 57.2 Å². The fourth-order valence-corrected chi connectivity index (χ4v) is 3.84. The summed E-state index contributed by atoms with van der Waals surface area (Å²) in [6, 6.07) is 13.0. The molecule has 0 atom stereocenters. The van der Waals surface area contributed by atoms with Crippen LogP contribution in [0.25, 0.3) is 0 Å². The van der Waals surface area contributed by atoms with Crippen LogP contribution in [0.15, 0.2) is 53.4 Å². The molecular weight excluding hydrogens is 376 g/mol. The molecule has 2 aromatic carbocycles. The van der Waals surface area contributed by atoms with Crippen molar-refractivity contribution in [2.45, 2.75) is 51.0 Å². The normalized spacial score (nSPS) is 11.9. The molecule has 28 heavy (non-hydrogen) atoms. The Balaban J connectivity index is 2.01. The van der Waals surface area contributed by atoms with E-state index in [-0.39, 0.29) is 10.8 Å². The number of hydrogen-bond acceptors (Lipinski definition) is 4. The molecule has 0 bridgehead atoms. The number of carbonyl (C=O) groups excluding carboxylic acids is 1. The Morgan fingerprint density at radius 1 is 1.00 bits per heavy atom. The van der Waals surface area contributed by atoms with Gasteiger partial charge in [-0.05, 0) is 75.7 Å². The number of benzene rings is 2. The summed E-state index contributed by atoms with van der Waals surface area (Å²) in [6.45, 7) is 8.08. The van der Waals surface area contributed by atoms with Gasteiger partial charge >= 0.3 is 0 Å². The summed E-state index contributed by atoms with van der Waals surface area (Å²) in [5.74, 6) is 0.453. The monoisotopic (exact) mass is 404 g/mol. The molecule has 0 heterocycles. The van der Waals surface area contributed by atoms with Gasteiger partial charge in [-0.25, -0.2) is 13.1 Å². The van der Waals surface area contributed by atoms with Crippen molar-refractivity contribution in [2.24, 2.45) is 0 Å². The molecule has 0 aliphatic carbocycles. The van der Waals surface area contributed by atoms with E-state index in [0.717, 1.165) is 18.6 Å². The molecule has 0 spiro atoms. The highest BCUT2D eigenvalue weighted by molar-refractivity contribution is 7.89. The van der Waals surface area contributed by atoms with Crippen LogP contribution in [0, 0.1) is 0 Å². The molecule has 6 nitrogen and oxygen atoms in total. The molecule has 0 aromatic heterocycles. The van der Waals surface area contributed by atoms with E-state index in [9.17, 15) is 13.2 Å². The number of amides is 1. The average Bonchev–Trinajstić information content (AvgIpc) is 2.61. The number of rotatable bonds is 8. The summed E-state index contributed by atoms with van der Waals surface area (Å²) >= 11 is 0. The van der Waals surface area contributed by atoms with E-state index in [4.69, 9.17) is 4.74 Å². The first kappa shape index (κ1) is 21.9. The summed E-state index contributed by atoms with van der Waals surface area (Å²) in [6.07, 6.45) is 2.05. The summed E-state index contributed by atoms with van der Waals surface area (Å²) in [7, 11) is -3.61.